The van der Waals surface area contributed by atoms with Gasteiger partial charge in [-0.1, -0.05) is 29.8 Å². The van der Waals surface area contributed by atoms with E-state index >= 15 is 0 Å². The van der Waals surface area contributed by atoms with Crippen LogP contribution < -0.4 is 0 Å². The number of hydrogen-bond donors (Lipinski definition) is 1. The van der Waals surface area contributed by atoms with Crippen LogP contribution in [0.1, 0.15) is 11.1 Å². The lowest BCUT2D eigenvalue weighted by Crippen LogP contribution is -2.43. The van der Waals surface area contributed by atoms with Crippen LogP contribution in [-0.4, -0.2) is 42.4 Å². The summed E-state index contributed by atoms with van der Waals surface area (Å²) in [5.74, 6) is 0. The maximum Gasteiger partial charge on any atom is 0.0933 e. The van der Waals surface area contributed by atoms with Crippen molar-refractivity contribution in [3.05, 3.63) is 35.4 Å². The highest BCUT2D eigenvalue weighted by atomic mass is 16.5. The lowest BCUT2D eigenvalue weighted by atomic mass is 10.1. The van der Waals surface area contributed by atoms with Gasteiger partial charge in [0.05, 0.1) is 19.3 Å². The van der Waals surface area contributed by atoms with Crippen molar-refractivity contribution in [1.29, 1.82) is 0 Å². The van der Waals surface area contributed by atoms with E-state index in [0.29, 0.717) is 0 Å². The van der Waals surface area contributed by atoms with E-state index in [1.54, 1.807) is 0 Å². The summed E-state index contributed by atoms with van der Waals surface area (Å²) in [6.07, 6.45) is -0.0152. The van der Waals surface area contributed by atoms with Crippen LogP contribution >= 0.6 is 0 Å². The van der Waals surface area contributed by atoms with Gasteiger partial charge >= 0.3 is 0 Å². The number of aryl methyl sites for hydroxylation is 1. The first kappa shape index (κ1) is 11.6. The molecule has 0 radical (unpaired) electrons. The molecule has 1 aromatic rings. The molecule has 0 aliphatic carbocycles. The van der Waals surface area contributed by atoms with E-state index in [0.717, 1.165) is 26.2 Å². The van der Waals surface area contributed by atoms with E-state index in [1.165, 1.54) is 11.1 Å². The quantitative estimate of drug-likeness (QED) is 0.832. The van der Waals surface area contributed by atoms with Gasteiger partial charge in [0.15, 0.2) is 0 Å². The van der Waals surface area contributed by atoms with E-state index in [1.807, 2.05) is 0 Å². The van der Waals surface area contributed by atoms with Crippen LogP contribution in [0.4, 0.5) is 0 Å². The minimum atomic E-state index is -0.0152. The number of nitrogens with zero attached hydrogens (tertiary/aromatic N) is 1. The molecule has 1 unspecified atom stereocenters. The summed E-state index contributed by atoms with van der Waals surface area (Å²) in [7, 11) is 0. The average molecular weight is 221 g/mol. The minimum Gasteiger partial charge on any atom is -0.394 e. The topological polar surface area (TPSA) is 32.7 Å². The van der Waals surface area contributed by atoms with Crippen LogP contribution in [0.2, 0.25) is 0 Å². The van der Waals surface area contributed by atoms with Gasteiger partial charge in [-0.05, 0) is 12.5 Å². The Hall–Kier alpha value is -0.900. The SMILES string of the molecule is Cc1cccc(CN2CCOC(CO)C2)c1. The van der Waals surface area contributed by atoms with Gasteiger partial charge in [-0.25, -0.2) is 0 Å². The van der Waals surface area contributed by atoms with Gasteiger partial charge in [-0.2, -0.15) is 0 Å². The molecule has 1 N–H and O–H groups in total. The monoisotopic (exact) mass is 221 g/mol. The fourth-order valence-corrected chi connectivity index (χ4v) is 2.10. The Bertz CT molecular complexity index is 340. The van der Waals surface area contributed by atoms with E-state index < -0.39 is 0 Å². The van der Waals surface area contributed by atoms with Gasteiger partial charge in [-0.15, -0.1) is 0 Å². The normalized spacial score (nSPS) is 22.2. The Kier molecular flexibility index (Phi) is 3.93. The molecule has 88 valence electrons. The summed E-state index contributed by atoms with van der Waals surface area (Å²) in [6.45, 7) is 5.66. The van der Waals surface area contributed by atoms with Crippen LogP contribution in [0.3, 0.4) is 0 Å². The average Bonchev–Trinajstić information content (AvgIpc) is 2.29. The molecule has 1 atom stereocenters. The summed E-state index contributed by atoms with van der Waals surface area (Å²) in [6, 6.07) is 8.56. The molecule has 16 heavy (non-hydrogen) atoms. The van der Waals surface area contributed by atoms with Crippen molar-refractivity contribution >= 4 is 0 Å². The zero-order chi connectivity index (χ0) is 11.4. The summed E-state index contributed by atoms with van der Waals surface area (Å²) < 4.78 is 5.43. The zero-order valence-electron chi connectivity index (χ0n) is 9.72. The maximum absolute atomic E-state index is 9.07. The van der Waals surface area contributed by atoms with E-state index in [9.17, 15) is 0 Å². The molecule has 1 aliphatic heterocycles. The number of rotatable bonds is 3. The Morgan fingerprint density at radius 2 is 2.38 bits per heavy atom. The van der Waals surface area contributed by atoms with Crippen molar-refractivity contribution in [3.8, 4) is 0 Å². The summed E-state index contributed by atoms with van der Waals surface area (Å²) in [5, 5.41) is 9.07. The smallest absolute Gasteiger partial charge is 0.0933 e. The largest absolute Gasteiger partial charge is 0.394 e. The highest BCUT2D eigenvalue weighted by Gasteiger charge is 2.19. The second kappa shape index (κ2) is 5.43. The molecule has 0 spiro atoms. The van der Waals surface area contributed by atoms with Crippen molar-refractivity contribution in [2.45, 2.75) is 19.6 Å². The van der Waals surface area contributed by atoms with Crippen LogP contribution in [0.25, 0.3) is 0 Å². The predicted molar refractivity (Wildman–Crippen MR) is 63.3 cm³/mol. The van der Waals surface area contributed by atoms with Crippen LogP contribution in [0, 0.1) is 6.92 Å². The Balaban J connectivity index is 1.94. The summed E-state index contributed by atoms with van der Waals surface area (Å²) >= 11 is 0. The zero-order valence-corrected chi connectivity index (χ0v) is 9.72. The molecule has 3 heteroatoms. The van der Waals surface area contributed by atoms with E-state index in [-0.39, 0.29) is 12.7 Å². The summed E-state index contributed by atoms with van der Waals surface area (Å²) in [5.41, 5.74) is 2.63. The molecule has 1 aliphatic rings. The third kappa shape index (κ3) is 3.04. The minimum absolute atomic E-state index is 0.0152. The first-order valence-corrected chi connectivity index (χ1v) is 5.78. The molecule has 1 fully saturated rings. The number of aliphatic hydroxyl groups is 1. The van der Waals surface area contributed by atoms with Crippen molar-refractivity contribution in [2.75, 3.05) is 26.3 Å². The summed E-state index contributed by atoms with van der Waals surface area (Å²) in [4.78, 5) is 2.33. The fourth-order valence-electron chi connectivity index (χ4n) is 2.10. The van der Waals surface area contributed by atoms with Gasteiger partial charge < -0.3 is 9.84 Å². The molecular formula is C13H19NO2. The number of aliphatic hydroxyl groups excluding tert-OH is 1. The van der Waals surface area contributed by atoms with Gasteiger partial charge in [0.1, 0.15) is 0 Å². The van der Waals surface area contributed by atoms with Crippen LogP contribution in [0.5, 0.6) is 0 Å². The molecule has 0 aromatic heterocycles. The predicted octanol–water partition coefficient (Wildman–Crippen LogP) is 1.19. The molecule has 0 bridgehead atoms. The highest BCUT2D eigenvalue weighted by molar-refractivity contribution is 5.22. The molecule has 3 nitrogen and oxygen atoms in total. The third-order valence-electron chi connectivity index (χ3n) is 2.92. The van der Waals surface area contributed by atoms with Gasteiger partial charge in [-0.3, -0.25) is 4.90 Å². The first-order valence-electron chi connectivity index (χ1n) is 5.78. The third-order valence-corrected chi connectivity index (χ3v) is 2.92. The van der Waals surface area contributed by atoms with E-state index in [2.05, 4.69) is 36.1 Å². The molecule has 1 aromatic carbocycles. The van der Waals surface area contributed by atoms with Crippen molar-refractivity contribution in [1.82, 2.24) is 4.90 Å². The fraction of sp³-hybridized carbons (Fsp3) is 0.538. The Labute approximate surface area is 96.6 Å². The van der Waals surface area contributed by atoms with Crippen molar-refractivity contribution in [3.63, 3.8) is 0 Å². The molecule has 0 amide bonds. The number of hydrogen-bond acceptors (Lipinski definition) is 3. The molecular weight excluding hydrogens is 202 g/mol. The number of ether oxygens (including phenoxy) is 1. The molecule has 0 saturated carbocycles. The second-order valence-electron chi connectivity index (χ2n) is 4.40. The van der Waals surface area contributed by atoms with Crippen LogP contribution in [-0.2, 0) is 11.3 Å². The Morgan fingerprint density at radius 1 is 1.50 bits per heavy atom. The Morgan fingerprint density at radius 3 is 3.12 bits per heavy atom. The van der Waals surface area contributed by atoms with Crippen molar-refractivity contribution in [2.24, 2.45) is 0 Å². The van der Waals surface area contributed by atoms with Gasteiger partial charge in [0.25, 0.3) is 0 Å². The lowest BCUT2D eigenvalue weighted by Gasteiger charge is -2.32. The molecule has 1 heterocycles. The number of benzene rings is 1. The van der Waals surface area contributed by atoms with Crippen molar-refractivity contribution < 1.29 is 9.84 Å². The van der Waals surface area contributed by atoms with E-state index in [4.69, 9.17) is 9.84 Å². The first-order chi connectivity index (χ1) is 7.78. The highest BCUT2D eigenvalue weighted by Crippen LogP contribution is 2.11. The lowest BCUT2D eigenvalue weighted by molar-refractivity contribution is -0.0551. The standard InChI is InChI=1S/C13H19NO2/c1-11-3-2-4-12(7-11)8-14-5-6-16-13(9-14)10-15/h2-4,7,13,15H,5-6,8-10H2,1H3. The van der Waals surface area contributed by atoms with Gasteiger partial charge in [0.2, 0.25) is 0 Å². The van der Waals surface area contributed by atoms with Crippen LogP contribution in [0.15, 0.2) is 24.3 Å². The second-order valence-corrected chi connectivity index (χ2v) is 4.40. The van der Waals surface area contributed by atoms with Gasteiger partial charge in [0, 0.05) is 19.6 Å². The number of morpholine rings is 1. The maximum atomic E-state index is 9.07. The molecule has 1 saturated heterocycles. The molecule has 2 rings (SSSR count).